The molecule has 0 saturated heterocycles. The Bertz CT molecular complexity index is 5470. The van der Waals surface area contributed by atoms with Crippen LogP contribution in [0.5, 0.6) is 11.5 Å². The van der Waals surface area contributed by atoms with Crippen molar-refractivity contribution in [1.29, 1.82) is 0 Å². The van der Waals surface area contributed by atoms with Gasteiger partial charge in [-0.3, -0.25) is 0 Å². The molecular formula is C104H81BN2O. The standard InChI is InChI=1S/C104H81BN2O/c1-103(2,3)78-64-90(86-54-32-28-50-82(86)72-40-18-9-19-41-72)101(91(65-78)87-55-33-29-51-83(87)73-42-20-10-21-43-73)106-96-60-58-76(70-36-14-7-15-37-70)62-94(96)105-95-63-77(71-38-16-8-17-39-71)59-61-97(95)107(99-69-81(68-98(106)100(99)105)108-80-48-26-13-27-49-80)102-92(88-56-34-30-52-84(88)74-44-22-11-23-45-74)66-79(104(4,5)6)67-93(102)89-57-35-31-53-85(89)75-46-24-12-25-47-75/h7-69H,1-6H3. The van der Waals surface area contributed by atoms with Crippen LogP contribution in [-0.2, 0) is 10.8 Å². The molecule has 4 heteroatoms. The lowest BCUT2D eigenvalue weighted by atomic mass is 9.33. The summed E-state index contributed by atoms with van der Waals surface area (Å²) in [5.74, 6) is 1.44. The van der Waals surface area contributed by atoms with Gasteiger partial charge in [0, 0.05) is 57.1 Å². The van der Waals surface area contributed by atoms with Gasteiger partial charge in [-0.1, -0.05) is 363 Å². The molecule has 3 nitrogen and oxygen atoms in total. The van der Waals surface area contributed by atoms with Crippen LogP contribution in [-0.4, -0.2) is 6.71 Å². The van der Waals surface area contributed by atoms with Gasteiger partial charge >= 0.3 is 0 Å². The lowest BCUT2D eigenvalue weighted by Gasteiger charge is -2.46. The van der Waals surface area contributed by atoms with Crippen LogP contribution in [0.3, 0.4) is 0 Å². The third-order valence-corrected chi connectivity index (χ3v) is 21.8. The molecule has 0 aliphatic carbocycles. The minimum atomic E-state index is -0.339. The zero-order valence-corrected chi connectivity index (χ0v) is 61.8. The van der Waals surface area contributed by atoms with E-state index in [9.17, 15) is 0 Å². The highest BCUT2D eigenvalue weighted by atomic mass is 16.5. The van der Waals surface area contributed by atoms with Crippen LogP contribution in [0.2, 0.25) is 0 Å². The van der Waals surface area contributed by atoms with Crippen LogP contribution in [0.25, 0.3) is 111 Å². The minimum absolute atomic E-state index is 0.291. The summed E-state index contributed by atoms with van der Waals surface area (Å²) >= 11 is 0. The number of rotatable bonds is 14. The van der Waals surface area contributed by atoms with Crippen LogP contribution >= 0.6 is 0 Å². The van der Waals surface area contributed by atoms with Gasteiger partial charge in [0.15, 0.2) is 0 Å². The van der Waals surface area contributed by atoms with Gasteiger partial charge in [-0.15, -0.1) is 0 Å². The number of fused-ring (bicyclic) bond motifs is 4. The van der Waals surface area contributed by atoms with E-state index < -0.39 is 0 Å². The van der Waals surface area contributed by atoms with Crippen molar-refractivity contribution >= 4 is 57.2 Å². The fourth-order valence-electron chi connectivity index (χ4n) is 16.6. The zero-order valence-electron chi connectivity index (χ0n) is 61.8. The van der Waals surface area contributed by atoms with Crippen molar-refractivity contribution in [2.24, 2.45) is 0 Å². The molecule has 16 aromatic rings. The molecular weight excluding hydrogens is 1300 g/mol. The van der Waals surface area contributed by atoms with E-state index in [2.05, 4.69) is 434 Å². The van der Waals surface area contributed by atoms with E-state index in [-0.39, 0.29) is 17.5 Å². The van der Waals surface area contributed by atoms with Crippen LogP contribution in [0.4, 0.5) is 34.1 Å². The Balaban J connectivity index is 1.06. The second kappa shape index (κ2) is 27.8. The van der Waals surface area contributed by atoms with E-state index in [0.29, 0.717) is 5.75 Å². The topological polar surface area (TPSA) is 15.7 Å². The molecule has 0 saturated carbocycles. The molecule has 0 atom stereocenters. The lowest BCUT2D eigenvalue weighted by Crippen LogP contribution is -2.61. The summed E-state index contributed by atoms with van der Waals surface area (Å²) in [4.78, 5) is 5.34. The Morgan fingerprint density at radius 2 is 0.472 bits per heavy atom. The number of nitrogens with zero attached hydrogens (tertiary/aromatic N) is 2. The second-order valence-corrected chi connectivity index (χ2v) is 30.7. The molecule has 2 aliphatic heterocycles. The maximum absolute atomic E-state index is 7.59. The largest absolute Gasteiger partial charge is 0.457 e. The van der Waals surface area contributed by atoms with Gasteiger partial charge in [0.1, 0.15) is 11.5 Å². The van der Waals surface area contributed by atoms with E-state index in [4.69, 9.17) is 4.74 Å². The number of hydrogen-bond acceptors (Lipinski definition) is 3. The molecule has 0 N–H and O–H groups in total. The summed E-state index contributed by atoms with van der Waals surface area (Å²) in [5, 5.41) is 0. The molecule has 0 bridgehead atoms. The first kappa shape index (κ1) is 66.9. The molecule has 2 aliphatic rings. The number of para-hydroxylation sites is 1. The summed E-state index contributed by atoms with van der Waals surface area (Å²) in [6.07, 6.45) is 0. The minimum Gasteiger partial charge on any atom is -0.457 e. The maximum atomic E-state index is 7.59. The van der Waals surface area contributed by atoms with Crippen LogP contribution < -0.4 is 30.9 Å². The SMILES string of the molecule is CC(C)(C)c1cc(-c2ccccc2-c2ccccc2)c(N2c3ccc(-c4ccccc4)cc3B3c4cc(-c5ccccc5)ccc4N(c4c(-c5ccccc5-c5ccccc5)cc(C(C)(C)C)cc4-c4ccccc4-c4ccccc4)c4cc(Oc5ccccc5)cc2c43)c(-c2ccccc2-c2ccccc2)c1. The summed E-state index contributed by atoms with van der Waals surface area (Å²) in [6.45, 7) is 13.8. The van der Waals surface area contributed by atoms with Crippen molar-refractivity contribution in [2.75, 3.05) is 9.80 Å². The van der Waals surface area contributed by atoms with E-state index in [1.54, 1.807) is 0 Å². The van der Waals surface area contributed by atoms with Gasteiger partial charge in [0.05, 0.1) is 11.4 Å². The first-order chi connectivity index (χ1) is 52.9. The fraction of sp³-hybridized carbons (Fsp3) is 0.0769. The fourth-order valence-corrected chi connectivity index (χ4v) is 16.6. The first-order valence-electron chi connectivity index (χ1n) is 37.7. The molecule has 0 fully saturated rings. The van der Waals surface area contributed by atoms with Crippen molar-refractivity contribution in [3.63, 3.8) is 0 Å². The average Bonchev–Trinajstić information content (AvgIpc) is 0.686. The second-order valence-electron chi connectivity index (χ2n) is 30.7. The summed E-state index contributed by atoms with van der Waals surface area (Å²) in [5.41, 5.74) is 34.3. The van der Waals surface area contributed by atoms with Crippen molar-refractivity contribution in [1.82, 2.24) is 0 Å². The van der Waals surface area contributed by atoms with Crippen molar-refractivity contribution in [2.45, 2.75) is 52.4 Å². The molecule has 16 aromatic carbocycles. The number of ether oxygens (including phenoxy) is 1. The summed E-state index contributed by atoms with van der Waals surface area (Å²) in [7, 11) is 0. The predicted octanol–water partition coefficient (Wildman–Crippen LogP) is 26.8. The Morgan fingerprint density at radius 3 is 0.759 bits per heavy atom. The third kappa shape index (κ3) is 12.3. The quantitative estimate of drug-likeness (QED) is 0.101. The Morgan fingerprint density at radius 1 is 0.213 bits per heavy atom. The van der Waals surface area contributed by atoms with Crippen LogP contribution in [0, 0.1) is 0 Å². The first-order valence-corrected chi connectivity index (χ1v) is 37.7. The molecule has 516 valence electrons. The Kier molecular flexibility index (Phi) is 17.2. The van der Waals surface area contributed by atoms with E-state index >= 15 is 0 Å². The molecule has 0 amide bonds. The van der Waals surface area contributed by atoms with E-state index in [1.165, 1.54) is 22.1 Å². The van der Waals surface area contributed by atoms with E-state index in [1.807, 2.05) is 0 Å². The summed E-state index contributed by atoms with van der Waals surface area (Å²) < 4.78 is 7.59. The molecule has 108 heavy (non-hydrogen) atoms. The number of benzene rings is 16. The maximum Gasteiger partial charge on any atom is 0.252 e. The van der Waals surface area contributed by atoms with Gasteiger partial charge in [-0.05, 0) is 176 Å². The molecule has 18 rings (SSSR count). The lowest BCUT2D eigenvalue weighted by molar-refractivity contribution is 0.483. The highest BCUT2D eigenvalue weighted by Crippen LogP contribution is 2.58. The van der Waals surface area contributed by atoms with Crippen LogP contribution in [0.15, 0.2) is 382 Å². The Hall–Kier alpha value is -13.0. The van der Waals surface area contributed by atoms with Gasteiger partial charge in [-0.2, -0.15) is 0 Å². The predicted molar refractivity (Wildman–Crippen MR) is 459 cm³/mol. The normalized spacial score (nSPS) is 12.3. The average molecular weight is 1390 g/mol. The highest BCUT2D eigenvalue weighted by molar-refractivity contribution is 7.00. The summed E-state index contributed by atoms with van der Waals surface area (Å²) in [6, 6.07) is 142. The molecule has 2 heterocycles. The van der Waals surface area contributed by atoms with Crippen molar-refractivity contribution in [3.8, 4) is 123 Å². The molecule has 0 aromatic heterocycles. The zero-order chi connectivity index (χ0) is 73.0. The smallest absolute Gasteiger partial charge is 0.252 e. The van der Waals surface area contributed by atoms with Gasteiger partial charge in [0.2, 0.25) is 0 Å². The van der Waals surface area contributed by atoms with Crippen LogP contribution in [0.1, 0.15) is 52.7 Å². The van der Waals surface area contributed by atoms with Gasteiger partial charge in [0.25, 0.3) is 6.71 Å². The van der Waals surface area contributed by atoms with Crippen molar-refractivity contribution < 1.29 is 4.74 Å². The number of hydrogen-bond donors (Lipinski definition) is 0. The van der Waals surface area contributed by atoms with E-state index in [0.717, 1.165) is 157 Å². The third-order valence-electron chi connectivity index (χ3n) is 21.8. The monoisotopic (exact) mass is 1380 g/mol. The molecule has 0 unspecified atom stereocenters. The highest BCUT2D eigenvalue weighted by Gasteiger charge is 2.47. The van der Waals surface area contributed by atoms with Gasteiger partial charge in [-0.25, -0.2) is 0 Å². The molecule has 0 spiro atoms. The molecule has 0 radical (unpaired) electrons. The Labute approximate surface area is 636 Å². The van der Waals surface area contributed by atoms with Gasteiger partial charge < -0.3 is 14.5 Å². The number of anilines is 6. The van der Waals surface area contributed by atoms with Crippen molar-refractivity contribution in [3.05, 3.63) is 393 Å².